The lowest BCUT2D eigenvalue weighted by Crippen LogP contribution is -2.04. The van der Waals surface area contributed by atoms with Crippen LogP contribution in [0.5, 0.6) is 0 Å². The van der Waals surface area contributed by atoms with E-state index in [1.807, 2.05) is 24.9 Å². The van der Waals surface area contributed by atoms with Gasteiger partial charge in [-0.25, -0.2) is 4.68 Å². The number of nitrogen functional groups attached to an aromatic ring is 1. The molecule has 2 aromatic heterocycles. The molecule has 0 radical (unpaired) electrons. The SMILES string of the molecule is Cc1c(Cn2nc(N)nc2Br)cnn1C. The molecule has 2 aromatic rings. The quantitative estimate of drug-likeness (QED) is 0.873. The van der Waals surface area contributed by atoms with Crippen molar-refractivity contribution in [3.05, 3.63) is 22.2 Å². The summed E-state index contributed by atoms with van der Waals surface area (Å²) in [6.45, 7) is 2.63. The summed E-state index contributed by atoms with van der Waals surface area (Å²) in [6, 6.07) is 0. The van der Waals surface area contributed by atoms with Crippen LogP contribution in [0.1, 0.15) is 11.3 Å². The van der Waals surface area contributed by atoms with Gasteiger partial charge in [-0.3, -0.25) is 4.68 Å². The van der Waals surface area contributed by atoms with E-state index in [9.17, 15) is 0 Å². The Bertz CT molecular complexity index is 485. The molecule has 0 aromatic carbocycles. The largest absolute Gasteiger partial charge is 0.366 e. The van der Waals surface area contributed by atoms with Gasteiger partial charge >= 0.3 is 0 Å². The second-order valence-electron chi connectivity index (χ2n) is 3.28. The highest BCUT2D eigenvalue weighted by Crippen LogP contribution is 2.13. The van der Waals surface area contributed by atoms with Crippen LogP contribution in [0.3, 0.4) is 0 Å². The van der Waals surface area contributed by atoms with E-state index in [0.29, 0.717) is 11.3 Å². The van der Waals surface area contributed by atoms with Crippen molar-refractivity contribution in [3.63, 3.8) is 0 Å². The highest BCUT2D eigenvalue weighted by atomic mass is 79.9. The predicted octanol–water partition coefficient (Wildman–Crippen LogP) is 0.713. The fourth-order valence-electron chi connectivity index (χ4n) is 1.30. The summed E-state index contributed by atoms with van der Waals surface area (Å²) in [5, 5.41) is 8.21. The molecule has 0 spiro atoms. The van der Waals surface area contributed by atoms with Gasteiger partial charge in [0.05, 0.1) is 12.7 Å². The Balaban J connectivity index is 2.29. The third kappa shape index (κ3) is 1.87. The summed E-state index contributed by atoms with van der Waals surface area (Å²) in [4.78, 5) is 3.96. The zero-order valence-corrected chi connectivity index (χ0v) is 10.1. The number of aryl methyl sites for hydroxylation is 1. The van der Waals surface area contributed by atoms with E-state index in [-0.39, 0.29) is 5.95 Å². The lowest BCUT2D eigenvalue weighted by Gasteiger charge is -2.01. The summed E-state index contributed by atoms with van der Waals surface area (Å²) >= 11 is 3.29. The van der Waals surface area contributed by atoms with Gasteiger partial charge in [-0.1, -0.05) is 0 Å². The van der Waals surface area contributed by atoms with E-state index in [4.69, 9.17) is 5.73 Å². The summed E-state index contributed by atoms with van der Waals surface area (Å²) in [7, 11) is 1.91. The van der Waals surface area contributed by atoms with Crippen molar-refractivity contribution in [2.45, 2.75) is 13.5 Å². The number of nitrogens with zero attached hydrogens (tertiary/aromatic N) is 5. The molecular weight excluding hydrogens is 260 g/mol. The van der Waals surface area contributed by atoms with Crippen molar-refractivity contribution in [2.75, 3.05) is 5.73 Å². The number of hydrogen-bond donors (Lipinski definition) is 1. The molecule has 15 heavy (non-hydrogen) atoms. The van der Waals surface area contributed by atoms with Gasteiger partial charge in [0, 0.05) is 18.3 Å². The molecule has 80 valence electrons. The van der Waals surface area contributed by atoms with E-state index >= 15 is 0 Å². The first-order valence-electron chi connectivity index (χ1n) is 4.41. The molecule has 6 nitrogen and oxygen atoms in total. The lowest BCUT2D eigenvalue weighted by molar-refractivity contribution is 0.663. The Morgan fingerprint density at radius 2 is 2.27 bits per heavy atom. The monoisotopic (exact) mass is 270 g/mol. The van der Waals surface area contributed by atoms with Gasteiger partial charge in [0.25, 0.3) is 0 Å². The van der Waals surface area contributed by atoms with Gasteiger partial charge in [-0.2, -0.15) is 10.1 Å². The third-order valence-corrected chi connectivity index (χ3v) is 2.89. The van der Waals surface area contributed by atoms with Crippen molar-refractivity contribution in [3.8, 4) is 0 Å². The third-order valence-electron chi connectivity index (χ3n) is 2.30. The minimum Gasteiger partial charge on any atom is -0.366 e. The Morgan fingerprint density at radius 1 is 1.53 bits per heavy atom. The normalized spacial score (nSPS) is 10.9. The number of anilines is 1. The van der Waals surface area contributed by atoms with Crippen LogP contribution in [0.15, 0.2) is 10.9 Å². The highest BCUT2D eigenvalue weighted by Gasteiger charge is 2.09. The van der Waals surface area contributed by atoms with E-state index in [2.05, 4.69) is 31.1 Å². The standard InChI is InChI=1S/C8H11BrN6/c1-5-6(3-11-14(5)2)4-15-7(9)12-8(10)13-15/h3H,4H2,1-2H3,(H2,10,13). The zero-order valence-electron chi connectivity index (χ0n) is 8.48. The molecule has 0 amide bonds. The van der Waals surface area contributed by atoms with Gasteiger partial charge in [0.2, 0.25) is 5.95 Å². The van der Waals surface area contributed by atoms with Crippen LogP contribution in [0, 0.1) is 6.92 Å². The molecule has 2 heterocycles. The van der Waals surface area contributed by atoms with Crippen LogP contribution >= 0.6 is 15.9 Å². The van der Waals surface area contributed by atoms with Crippen molar-refractivity contribution >= 4 is 21.9 Å². The molecular formula is C8H11BrN6. The van der Waals surface area contributed by atoms with Gasteiger partial charge < -0.3 is 5.73 Å². The molecule has 0 saturated carbocycles. The van der Waals surface area contributed by atoms with E-state index < -0.39 is 0 Å². The lowest BCUT2D eigenvalue weighted by atomic mass is 10.3. The average Bonchev–Trinajstić information content (AvgIpc) is 2.64. The fourth-order valence-corrected chi connectivity index (χ4v) is 1.69. The molecule has 0 aliphatic rings. The topological polar surface area (TPSA) is 74.6 Å². The maximum absolute atomic E-state index is 5.48. The number of hydrogen-bond acceptors (Lipinski definition) is 4. The first-order chi connectivity index (χ1) is 7.08. The molecule has 0 aliphatic carbocycles. The summed E-state index contributed by atoms with van der Waals surface area (Å²) in [5.41, 5.74) is 7.69. The summed E-state index contributed by atoms with van der Waals surface area (Å²) < 4.78 is 4.14. The van der Waals surface area contributed by atoms with Crippen LogP contribution < -0.4 is 5.73 Å². The zero-order chi connectivity index (χ0) is 11.0. The van der Waals surface area contributed by atoms with Crippen molar-refractivity contribution < 1.29 is 0 Å². The Kier molecular flexibility index (Phi) is 2.47. The smallest absolute Gasteiger partial charge is 0.240 e. The Morgan fingerprint density at radius 3 is 2.73 bits per heavy atom. The van der Waals surface area contributed by atoms with Crippen LogP contribution in [0.4, 0.5) is 5.95 Å². The Hall–Kier alpha value is -1.37. The second kappa shape index (κ2) is 3.65. The van der Waals surface area contributed by atoms with Crippen molar-refractivity contribution in [1.82, 2.24) is 24.5 Å². The Labute approximate surface area is 95.2 Å². The molecule has 0 saturated heterocycles. The van der Waals surface area contributed by atoms with Crippen molar-refractivity contribution in [1.29, 1.82) is 0 Å². The molecule has 7 heteroatoms. The maximum Gasteiger partial charge on any atom is 0.240 e. The molecule has 0 unspecified atom stereocenters. The van der Waals surface area contributed by atoms with E-state index in [1.54, 1.807) is 4.68 Å². The average molecular weight is 271 g/mol. The first kappa shape index (κ1) is 10.2. The van der Waals surface area contributed by atoms with Gasteiger partial charge in [0.1, 0.15) is 0 Å². The van der Waals surface area contributed by atoms with E-state index in [1.165, 1.54) is 0 Å². The van der Waals surface area contributed by atoms with Crippen LogP contribution in [-0.2, 0) is 13.6 Å². The molecule has 0 aliphatic heterocycles. The van der Waals surface area contributed by atoms with Gasteiger partial charge in [0.15, 0.2) is 4.73 Å². The maximum atomic E-state index is 5.48. The van der Waals surface area contributed by atoms with Gasteiger partial charge in [-0.15, -0.1) is 5.10 Å². The molecule has 0 bridgehead atoms. The molecule has 2 N–H and O–H groups in total. The van der Waals surface area contributed by atoms with E-state index in [0.717, 1.165) is 11.3 Å². The van der Waals surface area contributed by atoms with Crippen molar-refractivity contribution in [2.24, 2.45) is 7.05 Å². The molecule has 2 rings (SSSR count). The highest BCUT2D eigenvalue weighted by molar-refractivity contribution is 9.10. The fraction of sp³-hybridized carbons (Fsp3) is 0.375. The minimum atomic E-state index is 0.267. The van der Waals surface area contributed by atoms with Crippen LogP contribution in [0.2, 0.25) is 0 Å². The first-order valence-corrected chi connectivity index (χ1v) is 5.20. The number of rotatable bonds is 2. The number of aromatic nitrogens is 5. The van der Waals surface area contributed by atoms with Crippen LogP contribution in [0.25, 0.3) is 0 Å². The number of nitrogens with two attached hydrogens (primary N) is 1. The number of halogens is 1. The summed E-state index contributed by atoms with van der Waals surface area (Å²) in [5.74, 6) is 0.267. The van der Waals surface area contributed by atoms with Gasteiger partial charge in [-0.05, 0) is 22.9 Å². The summed E-state index contributed by atoms with van der Waals surface area (Å²) in [6.07, 6.45) is 1.82. The molecule has 0 atom stereocenters. The van der Waals surface area contributed by atoms with Crippen LogP contribution in [-0.4, -0.2) is 24.5 Å². The minimum absolute atomic E-state index is 0.267. The predicted molar refractivity (Wildman–Crippen MR) is 59.2 cm³/mol. The molecule has 0 fully saturated rings. The second-order valence-corrected chi connectivity index (χ2v) is 3.98.